The molecule has 1 saturated heterocycles. The topological polar surface area (TPSA) is 29.5 Å². The van der Waals surface area contributed by atoms with E-state index in [0.29, 0.717) is 12.5 Å². The minimum Gasteiger partial charge on any atom is -0.375 e. The van der Waals surface area contributed by atoms with E-state index in [0.717, 1.165) is 25.9 Å². The lowest BCUT2D eigenvalue weighted by molar-refractivity contribution is -0.143. The lowest BCUT2D eigenvalue weighted by Crippen LogP contribution is -2.47. The maximum absolute atomic E-state index is 11.9. The number of amides is 1. The molecular formula is C10H17NO2. The monoisotopic (exact) mass is 183 g/mol. The van der Waals surface area contributed by atoms with Crippen molar-refractivity contribution in [1.82, 2.24) is 4.90 Å². The fraction of sp³-hybridized carbons (Fsp3) is 0.900. The van der Waals surface area contributed by atoms with Crippen molar-refractivity contribution in [2.75, 3.05) is 19.7 Å². The summed E-state index contributed by atoms with van der Waals surface area (Å²) in [6.45, 7) is 6.33. The summed E-state index contributed by atoms with van der Waals surface area (Å²) in [4.78, 5) is 13.9. The first-order chi connectivity index (χ1) is 6.12. The Morgan fingerprint density at radius 3 is 2.77 bits per heavy atom. The molecule has 1 unspecified atom stereocenters. The van der Waals surface area contributed by atoms with Crippen LogP contribution in [0.25, 0.3) is 0 Å². The Balaban J connectivity index is 1.96. The summed E-state index contributed by atoms with van der Waals surface area (Å²) < 4.78 is 5.40. The first-order valence-electron chi connectivity index (χ1n) is 5.03. The molecule has 0 aromatic rings. The second kappa shape index (κ2) is 2.98. The van der Waals surface area contributed by atoms with E-state index in [1.807, 2.05) is 11.8 Å². The molecule has 1 saturated carbocycles. The molecule has 0 bridgehead atoms. The SMILES string of the molecule is CC1CN(C(=O)C2(C)CC2)CCO1. The van der Waals surface area contributed by atoms with Crippen LogP contribution in [0.1, 0.15) is 26.7 Å². The second-order valence-corrected chi connectivity index (χ2v) is 4.49. The fourth-order valence-corrected chi connectivity index (χ4v) is 1.79. The summed E-state index contributed by atoms with van der Waals surface area (Å²) in [7, 11) is 0. The predicted molar refractivity (Wildman–Crippen MR) is 49.3 cm³/mol. The van der Waals surface area contributed by atoms with Gasteiger partial charge in [-0.2, -0.15) is 0 Å². The molecule has 3 nitrogen and oxygen atoms in total. The Morgan fingerprint density at radius 1 is 1.54 bits per heavy atom. The van der Waals surface area contributed by atoms with Gasteiger partial charge in [0.25, 0.3) is 0 Å². The van der Waals surface area contributed by atoms with Crippen LogP contribution in [0.15, 0.2) is 0 Å². The Labute approximate surface area is 79.0 Å². The zero-order valence-corrected chi connectivity index (χ0v) is 8.38. The third-order valence-corrected chi connectivity index (χ3v) is 3.04. The maximum atomic E-state index is 11.9. The number of rotatable bonds is 1. The standard InChI is InChI=1S/C10H17NO2/c1-8-7-11(5-6-13-8)9(12)10(2)3-4-10/h8H,3-7H2,1-2H3. The van der Waals surface area contributed by atoms with Gasteiger partial charge in [-0.3, -0.25) is 4.79 Å². The van der Waals surface area contributed by atoms with Crippen LogP contribution in [-0.2, 0) is 9.53 Å². The fourth-order valence-electron chi connectivity index (χ4n) is 1.79. The third kappa shape index (κ3) is 1.70. The molecule has 74 valence electrons. The summed E-state index contributed by atoms with van der Waals surface area (Å²) >= 11 is 0. The summed E-state index contributed by atoms with van der Waals surface area (Å²) in [5.41, 5.74) is -0.0168. The highest BCUT2D eigenvalue weighted by molar-refractivity contribution is 5.85. The molecule has 1 atom stereocenters. The predicted octanol–water partition coefficient (Wildman–Crippen LogP) is 1.03. The minimum atomic E-state index is -0.0168. The zero-order chi connectivity index (χ0) is 9.47. The van der Waals surface area contributed by atoms with Crippen molar-refractivity contribution in [3.05, 3.63) is 0 Å². The molecule has 0 N–H and O–H groups in total. The number of carbonyl (C=O) groups is 1. The van der Waals surface area contributed by atoms with E-state index in [9.17, 15) is 4.79 Å². The van der Waals surface area contributed by atoms with Crippen molar-refractivity contribution in [2.24, 2.45) is 5.41 Å². The van der Waals surface area contributed by atoms with Gasteiger partial charge in [0.05, 0.1) is 12.7 Å². The highest BCUT2D eigenvalue weighted by Crippen LogP contribution is 2.46. The van der Waals surface area contributed by atoms with E-state index in [2.05, 4.69) is 6.92 Å². The average molecular weight is 183 g/mol. The molecular weight excluding hydrogens is 166 g/mol. The van der Waals surface area contributed by atoms with Crippen LogP contribution in [-0.4, -0.2) is 36.6 Å². The summed E-state index contributed by atoms with van der Waals surface area (Å²) in [6, 6.07) is 0. The summed E-state index contributed by atoms with van der Waals surface area (Å²) in [5.74, 6) is 0.336. The summed E-state index contributed by atoms with van der Waals surface area (Å²) in [5, 5.41) is 0. The van der Waals surface area contributed by atoms with Crippen molar-refractivity contribution in [2.45, 2.75) is 32.8 Å². The largest absolute Gasteiger partial charge is 0.375 e. The van der Waals surface area contributed by atoms with Gasteiger partial charge in [-0.1, -0.05) is 6.92 Å². The number of ether oxygens (including phenoxy) is 1. The molecule has 2 rings (SSSR count). The molecule has 1 aliphatic heterocycles. The van der Waals surface area contributed by atoms with Gasteiger partial charge in [-0.15, -0.1) is 0 Å². The smallest absolute Gasteiger partial charge is 0.228 e. The van der Waals surface area contributed by atoms with E-state index in [-0.39, 0.29) is 11.5 Å². The first-order valence-corrected chi connectivity index (χ1v) is 5.03. The Morgan fingerprint density at radius 2 is 2.23 bits per heavy atom. The van der Waals surface area contributed by atoms with Gasteiger partial charge < -0.3 is 9.64 Å². The van der Waals surface area contributed by atoms with Crippen LogP contribution in [0.4, 0.5) is 0 Å². The lowest BCUT2D eigenvalue weighted by atomic mass is 10.1. The molecule has 1 amide bonds. The van der Waals surface area contributed by atoms with E-state index in [4.69, 9.17) is 4.74 Å². The van der Waals surface area contributed by atoms with Crippen molar-refractivity contribution >= 4 is 5.91 Å². The molecule has 1 aliphatic carbocycles. The van der Waals surface area contributed by atoms with Crippen LogP contribution in [0.5, 0.6) is 0 Å². The molecule has 3 heteroatoms. The third-order valence-electron chi connectivity index (χ3n) is 3.04. The van der Waals surface area contributed by atoms with Crippen molar-refractivity contribution in [3.8, 4) is 0 Å². The highest BCUT2D eigenvalue weighted by atomic mass is 16.5. The minimum absolute atomic E-state index is 0.0168. The van der Waals surface area contributed by atoms with Gasteiger partial charge in [-0.25, -0.2) is 0 Å². The Bertz CT molecular complexity index is 223. The van der Waals surface area contributed by atoms with Gasteiger partial charge in [0.1, 0.15) is 0 Å². The van der Waals surface area contributed by atoms with Crippen LogP contribution in [0, 0.1) is 5.41 Å². The van der Waals surface area contributed by atoms with Gasteiger partial charge >= 0.3 is 0 Å². The summed E-state index contributed by atoms with van der Waals surface area (Å²) in [6.07, 6.45) is 2.34. The molecule has 13 heavy (non-hydrogen) atoms. The molecule has 2 fully saturated rings. The van der Waals surface area contributed by atoms with Gasteiger partial charge in [-0.05, 0) is 19.8 Å². The van der Waals surface area contributed by atoms with E-state index in [1.54, 1.807) is 0 Å². The second-order valence-electron chi connectivity index (χ2n) is 4.49. The van der Waals surface area contributed by atoms with Gasteiger partial charge in [0.2, 0.25) is 5.91 Å². The van der Waals surface area contributed by atoms with Crippen LogP contribution in [0.2, 0.25) is 0 Å². The zero-order valence-electron chi connectivity index (χ0n) is 8.38. The van der Waals surface area contributed by atoms with Gasteiger partial charge in [0.15, 0.2) is 0 Å². The van der Waals surface area contributed by atoms with E-state index < -0.39 is 0 Å². The van der Waals surface area contributed by atoms with Crippen LogP contribution in [0.3, 0.4) is 0 Å². The average Bonchev–Trinajstić information content (AvgIpc) is 2.84. The van der Waals surface area contributed by atoms with Crippen molar-refractivity contribution in [3.63, 3.8) is 0 Å². The molecule has 0 aromatic heterocycles. The van der Waals surface area contributed by atoms with Gasteiger partial charge in [0, 0.05) is 18.5 Å². The number of hydrogen-bond donors (Lipinski definition) is 0. The molecule has 1 heterocycles. The van der Waals surface area contributed by atoms with Crippen LogP contribution >= 0.6 is 0 Å². The number of nitrogens with zero attached hydrogens (tertiary/aromatic N) is 1. The quantitative estimate of drug-likeness (QED) is 0.607. The molecule has 0 spiro atoms. The normalized spacial score (nSPS) is 31.5. The van der Waals surface area contributed by atoms with E-state index >= 15 is 0 Å². The Hall–Kier alpha value is -0.570. The highest BCUT2D eigenvalue weighted by Gasteiger charge is 2.47. The Kier molecular flexibility index (Phi) is 2.06. The number of hydrogen-bond acceptors (Lipinski definition) is 2. The van der Waals surface area contributed by atoms with E-state index in [1.165, 1.54) is 0 Å². The van der Waals surface area contributed by atoms with Crippen molar-refractivity contribution < 1.29 is 9.53 Å². The first kappa shape index (κ1) is 9.00. The number of carbonyl (C=O) groups excluding carboxylic acids is 1. The van der Waals surface area contributed by atoms with Crippen molar-refractivity contribution in [1.29, 1.82) is 0 Å². The van der Waals surface area contributed by atoms with Crippen LogP contribution < -0.4 is 0 Å². The maximum Gasteiger partial charge on any atom is 0.228 e. The number of morpholine rings is 1. The lowest BCUT2D eigenvalue weighted by Gasteiger charge is -2.33. The molecule has 0 radical (unpaired) electrons. The molecule has 0 aromatic carbocycles. The molecule has 2 aliphatic rings.